The minimum atomic E-state index is 0.0484. The van der Waals surface area contributed by atoms with Gasteiger partial charge in [0.2, 0.25) is 0 Å². The molecule has 0 aliphatic carbocycles. The Morgan fingerprint density at radius 1 is 0.838 bits per heavy atom. The van der Waals surface area contributed by atoms with Crippen LogP contribution in [0.3, 0.4) is 0 Å². The van der Waals surface area contributed by atoms with Crippen molar-refractivity contribution in [1.29, 1.82) is 0 Å². The maximum Gasteiger partial charge on any atom is 0.0832 e. The summed E-state index contributed by atoms with van der Waals surface area (Å²) in [6.45, 7) is 2.10. The smallest absolute Gasteiger partial charge is 0.0832 e. The molecule has 0 saturated carbocycles. The van der Waals surface area contributed by atoms with Crippen LogP contribution in [0.5, 0.6) is 0 Å². The molecule has 5 aromatic rings. The fourth-order valence-electron chi connectivity index (χ4n) is 4.73. The molecule has 4 aromatic carbocycles. The van der Waals surface area contributed by atoms with Gasteiger partial charge >= 0.3 is 0 Å². The number of halogens is 2. The Kier molecular flexibility index (Phi) is 6.29. The molecule has 0 radical (unpaired) electrons. The molecule has 4 nitrogen and oxygen atoms in total. The molecule has 2 heterocycles. The molecular formula is C31H24Cl2N4. The molecule has 1 aromatic heterocycles. The predicted molar refractivity (Wildman–Crippen MR) is 155 cm³/mol. The Hall–Kier alpha value is -3.86. The highest BCUT2D eigenvalue weighted by molar-refractivity contribution is 6.31. The summed E-state index contributed by atoms with van der Waals surface area (Å²) in [6.07, 6.45) is 2.59. The van der Waals surface area contributed by atoms with Crippen LogP contribution in [0.2, 0.25) is 10.0 Å². The normalized spacial score (nSPS) is 15.2. The van der Waals surface area contributed by atoms with E-state index in [1.807, 2.05) is 48.5 Å². The highest BCUT2D eigenvalue weighted by Crippen LogP contribution is 2.38. The molecule has 0 saturated heterocycles. The molecule has 0 fully saturated rings. The van der Waals surface area contributed by atoms with Crippen molar-refractivity contribution in [1.82, 2.24) is 4.98 Å². The van der Waals surface area contributed by atoms with Crippen LogP contribution < -0.4 is 10.3 Å². The highest BCUT2D eigenvalue weighted by atomic mass is 35.5. The van der Waals surface area contributed by atoms with E-state index in [0.717, 1.165) is 45.7 Å². The number of aryl methyl sites for hydroxylation is 1. The highest BCUT2D eigenvalue weighted by Gasteiger charge is 2.30. The molecule has 6 heteroatoms. The molecule has 1 N–H and O–H groups in total. The largest absolute Gasteiger partial charge is 0.355 e. The van der Waals surface area contributed by atoms with Crippen LogP contribution in [0, 0.1) is 6.92 Å². The molecule has 1 aliphatic rings. The van der Waals surface area contributed by atoms with Crippen LogP contribution in [0.25, 0.3) is 10.9 Å². The van der Waals surface area contributed by atoms with E-state index >= 15 is 0 Å². The maximum atomic E-state index is 6.18. The van der Waals surface area contributed by atoms with Crippen LogP contribution in [-0.2, 0) is 0 Å². The quantitative estimate of drug-likeness (QED) is 0.250. The number of hydrogen-bond donors (Lipinski definition) is 1. The third-order valence-electron chi connectivity index (χ3n) is 6.64. The summed E-state index contributed by atoms with van der Waals surface area (Å²) in [5, 5.41) is 13.2. The third kappa shape index (κ3) is 4.91. The van der Waals surface area contributed by atoms with Gasteiger partial charge in [-0.2, -0.15) is 5.10 Å². The van der Waals surface area contributed by atoms with Crippen molar-refractivity contribution in [2.75, 3.05) is 10.3 Å². The summed E-state index contributed by atoms with van der Waals surface area (Å²) in [6, 6.07) is 32.7. The topological polar surface area (TPSA) is 40.5 Å². The number of anilines is 3. The van der Waals surface area contributed by atoms with E-state index in [9.17, 15) is 0 Å². The lowest BCUT2D eigenvalue weighted by molar-refractivity contribution is 0.709. The zero-order valence-electron chi connectivity index (χ0n) is 20.2. The maximum absolute atomic E-state index is 6.18. The minimum absolute atomic E-state index is 0.0484. The second kappa shape index (κ2) is 9.89. The number of hydrogen-bond acceptors (Lipinski definition) is 4. The van der Waals surface area contributed by atoms with E-state index in [0.29, 0.717) is 10.0 Å². The summed E-state index contributed by atoms with van der Waals surface area (Å²) in [5.41, 5.74) is 8.46. The zero-order valence-corrected chi connectivity index (χ0v) is 21.7. The Balaban J connectivity index is 1.35. The molecule has 6 rings (SSSR count). The first-order chi connectivity index (χ1) is 18.0. The number of hydrazone groups is 1. The van der Waals surface area contributed by atoms with Crippen LogP contribution in [-0.4, -0.2) is 10.7 Å². The van der Waals surface area contributed by atoms with Gasteiger partial charge in [-0.1, -0.05) is 65.2 Å². The first kappa shape index (κ1) is 23.5. The second-order valence-corrected chi connectivity index (χ2v) is 10.1. The zero-order chi connectivity index (χ0) is 25.4. The van der Waals surface area contributed by atoms with Crippen LogP contribution in [0.4, 0.5) is 17.1 Å². The first-order valence-corrected chi connectivity index (χ1v) is 12.9. The van der Waals surface area contributed by atoms with E-state index in [4.69, 9.17) is 28.3 Å². The van der Waals surface area contributed by atoms with Crippen molar-refractivity contribution < 1.29 is 0 Å². The van der Waals surface area contributed by atoms with E-state index in [2.05, 4.69) is 70.8 Å². The van der Waals surface area contributed by atoms with E-state index < -0.39 is 0 Å². The summed E-state index contributed by atoms with van der Waals surface area (Å²) in [5.74, 6) is 0. The summed E-state index contributed by atoms with van der Waals surface area (Å²) < 4.78 is 0. The lowest BCUT2D eigenvalue weighted by Crippen LogP contribution is -2.18. The average Bonchev–Trinajstić information content (AvgIpc) is 3.35. The van der Waals surface area contributed by atoms with Gasteiger partial charge in [0.15, 0.2) is 0 Å². The number of nitrogens with zero attached hydrogens (tertiary/aromatic N) is 3. The van der Waals surface area contributed by atoms with Gasteiger partial charge in [-0.25, -0.2) is 0 Å². The van der Waals surface area contributed by atoms with Gasteiger partial charge in [0.1, 0.15) is 0 Å². The summed E-state index contributed by atoms with van der Waals surface area (Å²) in [7, 11) is 0. The SMILES string of the molecule is Cc1ccc(C2=NN(c3ccc(Cl)cc3)C(c3cccc(Nc4ccnc5cc(Cl)ccc45)c3)C2)cc1. The Labute approximate surface area is 226 Å². The molecule has 1 unspecified atom stereocenters. The number of pyridine rings is 1. The third-order valence-corrected chi connectivity index (χ3v) is 7.13. The van der Waals surface area contributed by atoms with Crippen molar-refractivity contribution in [2.45, 2.75) is 19.4 Å². The van der Waals surface area contributed by atoms with Gasteiger partial charge in [-0.3, -0.25) is 9.99 Å². The molecule has 37 heavy (non-hydrogen) atoms. The van der Waals surface area contributed by atoms with Crippen molar-refractivity contribution in [2.24, 2.45) is 5.10 Å². The molecule has 182 valence electrons. The van der Waals surface area contributed by atoms with Gasteiger partial charge in [0.25, 0.3) is 0 Å². The number of rotatable bonds is 5. The monoisotopic (exact) mass is 522 g/mol. The van der Waals surface area contributed by atoms with Gasteiger partial charge in [-0.05, 0) is 78.7 Å². The number of nitrogens with one attached hydrogen (secondary N) is 1. The number of fused-ring (bicyclic) bond motifs is 1. The Morgan fingerprint density at radius 3 is 2.43 bits per heavy atom. The standard InChI is InChI=1S/C31H24Cl2N4/c1-20-5-7-21(8-6-20)29-19-31(37(36-29)26-12-9-23(32)10-13-26)22-3-2-4-25(17-22)35-28-15-16-34-30-18-24(33)11-14-27(28)30/h2-18,31H,19H2,1H3,(H,34,35). The van der Waals surface area contributed by atoms with E-state index in [1.54, 1.807) is 6.20 Å². The summed E-state index contributed by atoms with van der Waals surface area (Å²) >= 11 is 12.4. The number of aromatic nitrogens is 1. The molecule has 1 atom stereocenters. The predicted octanol–water partition coefficient (Wildman–Crippen LogP) is 8.95. The molecular weight excluding hydrogens is 499 g/mol. The molecule has 0 bridgehead atoms. The van der Waals surface area contributed by atoms with Crippen molar-refractivity contribution in [3.8, 4) is 0 Å². The average molecular weight is 523 g/mol. The molecule has 1 aliphatic heterocycles. The minimum Gasteiger partial charge on any atom is -0.355 e. The van der Waals surface area contributed by atoms with E-state index in [-0.39, 0.29) is 6.04 Å². The van der Waals surface area contributed by atoms with Crippen LogP contribution in [0.1, 0.15) is 29.2 Å². The fourth-order valence-corrected chi connectivity index (χ4v) is 5.02. The lowest BCUT2D eigenvalue weighted by atomic mass is 9.97. The number of benzene rings is 4. The Morgan fingerprint density at radius 2 is 1.62 bits per heavy atom. The first-order valence-electron chi connectivity index (χ1n) is 12.1. The van der Waals surface area contributed by atoms with Crippen molar-refractivity contribution in [3.05, 3.63) is 130 Å². The summed E-state index contributed by atoms with van der Waals surface area (Å²) in [4.78, 5) is 4.46. The van der Waals surface area contributed by atoms with E-state index in [1.165, 1.54) is 11.1 Å². The Bertz CT molecular complexity index is 1610. The van der Waals surface area contributed by atoms with Crippen molar-refractivity contribution >= 4 is 56.9 Å². The van der Waals surface area contributed by atoms with Gasteiger partial charge in [0, 0.05) is 39.4 Å². The van der Waals surface area contributed by atoms with Gasteiger partial charge in [0.05, 0.1) is 23.0 Å². The van der Waals surface area contributed by atoms with Crippen molar-refractivity contribution in [3.63, 3.8) is 0 Å². The van der Waals surface area contributed by atoms with Crippen LogP contribution in [0.15, 0.2) is 108 Å². The fraction of sp³-hybridized carbons (Fsp3) is 0.0968. The second-order valence-electron chi connectivity index (χ2n) is 9.22. The molecule has 0 spiro atoms. The molecule has 0 amide bonds. The van der Waals surface area contributed by atoms with Crippen LogP contribution >= 0.6 is 23.2 Å². The van der Waals surface area contributed by atoms with Gasteiger partial charge in [-0.15, -0.1) is 0 Å². The van der Waals surface area contributed by atoms with Gasteiger partial charge < -0.3 is 5.32 Å². The lowest BCUT2D eigenvalue weighted by Gasteiger charge is -2.24.